The third-order valence-electron chi connectivity index (χ3n) is 7.76. The molecule has 1 aromatic heterocycles. The molecule has 0 bridgehead atoms. The van der Waals surface area contributed by atoms with Crippen LogP contribution in [0.15, 0.2) is 108 Å². The minimum atomic E-state index is -0.969. The van der Waals surface area contributed by atoms with Crippen LogP contribution in [0.25, 0.3) is 22.5 Å². The molecule has 0 radical (unpaired) electrons. The van der Waals surface area contributed by atoms with Gasteiger partial charge in [-0.05, 0) is 65.6 Å². The summed E-state index contributed by atoms with van der Waals surface area (Å²) in [5.41, 5.74) is 6.67. The van der Waals surface area contributed by atoms with E-state index in [2.05, 4.69) is 23.4 Å². The van der Waals surface area contributed by atoms with Crippen LogP contribution in [0.5, 0.6) is 0 Å². The van der Waals surface area contributed by atoms with Gasteiger partial charge in [-0.25, -0.2) is 0 Å². The van der Waals surface area contributed by atoms with Gasteiger partial charge >= 0.3 is 5.97 Å². The molecule has 1 fully saturated rings. The molecule has 6 rings (SSSR count). The Balaban J connectivity index is 1.45. The SMILES string of the molecule is Cc1noc(-c2cc(C3(C(=O)O)CC3)ccc2-c2ccccc2)c1C(O)c1cccc(Cc2ccccc2)c1. The molecular formula is C34H29NO4. The molecular weight excluding hydrogens is 486 g/mol. The Bertz CT molecular complexity index is 1630. The first-order chi connectivity index (χ1) is 19.0. The summed E-state index contributed by atoms with van der Waals surface area (Å²) < 4.78 is 5.90. The Hall–Kier alpha value is -4.48. The zero-order chi connectivity index (χ0) is 27.0. The molecule has 39 heavy (non-hydrogen) atoms. The Morgan fingerprint density at radius 2 is 1.56 bits per heavy atom. The van der Waals surface area contributed by atoms with Crippen molar-refractivity contribution in [3.8, 4) is 22.5 Å². The number of carboxylic acids is 1. The van der Waals surface area contributed by atoms with Crippen LogP contribution in [0.4, 0.5) is 0 Å². The lowest BCUT2D eigenvalue weighted by Gasteiger charge is -2.17. The highest BCUT2D eigenvalue weighted by molar-refractivity contribution is 5.88. The van der Waals surface area contributed by atoms with Crippen LogP contribution in [-0.4, -0.2) is 21.3 Å². The minimum Gasteiger partial charge on any atom is -0.481 e. The number of aryl methyl sites for hydroxylation is 1. The smallest absolute Gasteiger partial charge is 0.314 e. The molecule has 0 saturated heterocycles. The maximum absolute atomic E-state index is 12.1. The number of aromatic nitrogens is 1. The van der Waals surface area contributed by atoms with Crippen molar-refractivity contribution >= 4 is 5.97 Å². The summed E-state index contributed by atoms with van der Waals surface area (Å²) >= 11 is 0. The molecule has 5 aromatic rings. The van der Waals surface area contributed by atoms with Gasteiger partial charge in [0.05, 0.1) is 16.7 Å². The van der Waals surface area contributed by atoms with Gasteiger partial charge in [0.15, 0.2) is 5.76 Å². The van der Waals surface area contributed by atoms with E-state index in [1.807, 2.05) is 91.9 Å². The van der Waals surface area contributed by atoms with Gasteiger partial charge in [0.25, 0.3) is 0 Å². The number of carboxylic acid groups (broad SMARTS) is 1. The number of carbonyl (C=O) groups is 1. The molecule has 0 aliphatic heterocycles. The highest BCUT2D eigenvalue weighted by Gasteiger charge is 2.52. The monoisotopic (exact) mass is 515 g/mol. The van der Waals surface area contributed by atoms with Gasteiger partial charge in [-0.15, -0.1) is 0 Å². The van der Waals surface area contributed by atoms with E-state index in [9.17, 15) is 15.0 Å². The summed E-state index contributed by atoms with van der Waals surface area (Å²) in [6, 6.07) is 33.8. The largest absolute Gasteiger partial charge is 0.481 e. The van der Waals surface area contributed by atoms with E-state index in [4.69, 9.17) is 4.52 Å². The van der Waals surface area contributed by atoms with Crippen molar-refractivity contribution < 1.29 is 19.5 Å². The van der Waals surface area contributed by atoms with Gasteiger partial charge in [0.2, 0.25) is 0 Å². The number of benzene rings is 4. The average molecular weight is 516 g/mol. The lowest BCUT2D eigenvalue weighted by Crippen LogP contribution is -2.19. The van der Waals surface area contributed by atoms with Crippen LogP contribution >= 0.6 is 0 Å². The van der Waals surface area contributed by atoms with Crippen molar-refractivity contribution in [2.75, 3.05) is 0 Å². The molecule has 194 valence electrons. The van der Waals surface area contributed by atoms with Crippen LogP contribution in [0.2, 0.25) is 0 Å². The number of aliphatic carboxylic acids is 1. The fraction of sp³-hybridized carbons (Fsp3) is 0.176. The molecule has 1 aliphatic rings. The third kappa shape index (κ3) is 4.66. The number of hydrogen-bond donors (Lipinski definition) is 2. The average Bonchev–Trinajstić information content (AvgIpc) is 3.70. The summed E-state index contributed by atoms with van der Waals surface area (Å²) in [6.07, 6.45) is 0.995. The van der Waals surface area contributed by atoms with Crippen LogP contribution in [0.3, 0.4) is 0 Å². The predicted octanol–water partition coefficient (Wildman–Crippen LogP) is 7.11. The van der Waals surface area contributed by atoms with Gasteiger partial charge in [0.1, 0.15) is 6.10 Å². The summed E-state index contributed by atoms with van der Waals surface area (Å²) in [5, 5.41) is 25.9. The number of aliphatic hydroxyl groups is 1. The molecule has 0 spiro atoms. The second kappa shape index (κ2) is 10.0. The first-order valence-electron chi connectivity index (χ1n) is 13.2. The first kappa shape index (κ1) is 24.8. The van der Waals surface area contributed by atoms with Crippen molar-refractivity contribution in [1.82, 2.24) is 5.16 Å². The van der Waals surface area contributed by atoms with Gasteiger partial charge in [-0.1, -0.05) is 102 Å². The normalized spacial score (nSPS) is 14.6. The van der Waals surface area contributed by atoms with Crippen molar-refractivity contribution in [3.63, 3.8) is 0 Å². The van der Waals surface area contributed by atoms with E-state index in [0.29, 0.717) is 29.9 Å². The molecule has 1 aliphatic carbocycles. The Labute approximate surface area is 227 Å². The minimum absolute atomic E-state index is 0.454. The van der Waals surface area contributed by atoms with Crippen molar-refractivity contribution in [2.24, 2.45) is 0 Å². The molecule has 4 aromatic carbocycles. The van der Waals surface area contributed by atoms with E-state index in [1.165, 1.54) is 5.56 Å². The molecule has 1 saturated carbocycles. The van der Waals surface area contributed by atoms with Gasteiger partial charge in [-0.3, -0.25) is 4.79 Å². The maximum atomic E-state index is 12.1. The van der Waals surface area contributed by atoms with Crippen molar-refractivity contribution in [1.29, 1.82) is 0 Å². The number of nitrogens with zero attached hydrogens (tertiary/aromatic N) is 1. The van der Waals surface area contributed by atoms with Crippen molar-refractivity contribution in [3.05, 3.63) is 137 Å². The molecule has 0 amide bonds. The standard InChI is InChI=1S/C34H29NO4/c1-22-30(31(36)26-14-8-11-24(20-26)19-23-9-4-2-5-10-23)32(39-35-22)29-21-27(34(17-18-34)33(37)38)15-16-28(29)25-12-6-3-7-13-25/h2-16,20-21,31,36H,17-19H2,1H3,(H,37,38). The molecule has 1 atom stereocenters. The molecule has 1 unspecified atom stereocenters. The maximum Gasteiger partial charge on any atom is 0.314 e. The topological polar surface area (TPSA) is 83.6 Å². The van der Waals surface area contributed by atoms with E-state index < -0.39 is 17.5 Å². The second-order valence-electron chi connectivity index (χ2n) is 10.3. The quantitative estimate of drug-likeness (QED) is 0.230. The number of aliphatic hydroxyl groups excluding tert-OH is 1. The van der Waals surface area contributed by atoms with E-state index in [-0.39, 0.29) is 0 Å². The summed E-state index contributed by atoms with van der Waals surface area (Å²) in [6.45, 7) is 1.82. The fourth-order valence-electron chi connectivity index (χ4n) is 5.41. The van der Waals surface area contributed by atoms with Gasteiger partial charge in [0, 0.05) is 5.56 Å². The zero-order valence-electron chi connectivity index (χ0n) is 21.7. The van der Waals surface area contributed by atoms with E-state index >= 15 is 0 Å². The molecule has 5 heteroatoms. The van der Waals surface area contributed by atoms with Gasteiger partial charge < -0.3 is 14.7 Å². The number of rotatable bonds is 8. The second-order valence-corrected chi connectivity index (χ2v) is 10.3. The summed E-state index contributed by atoms with van der Waals surface area (Å²) in [4.78, 5) is 12.1. The van der Waals surface area contributed by atoms with Crippen molar-refractivity contribution in [2.45, 2.75) is 37.7 Å². The zero-order valence-corrected chi connectivity index (χ0v) is 21.7. The lowest BCUT2D eigenvalue weighted by atomic mass is 9.87. The summed E-state index contributed by atoms with van der Waals surface area (Å²) in [7, 11) is 0. The molecule has 2 N–H and O–H groups in total. The van der Waals surface area contributed by atoms with Gasteiger partial charge in [-0.2, -0.15) is 0 Å². The van der Waals surface area contributed by atoms with Crippen LogP contribution in [-0.2, 0) is 16.6 Å². The summed E-state index contributed by atoms with van der Waals surface area (Å²) in [5.74, 6) is -0.361. The molecule has 1 heterocycles. The Kier molecular flexibility index (Phi) is 6.37. The van der Waals surface area contributed by atoms with E-state index in [1.54, 1.807) is 0 Å². The van der Waals surface area contributed by atoms with Crippen LogP contribution in [0, 0.1) is 6.92 Å². The van der Waals surface area contributed by atoms with Crippen LogP contribution in [0.1, 0.15) is 52.5 Å². The Morgan fingerprint density at radius 1 is 0.872 bits per heavy atom. The number of hydrogen-bond acceptors (Lipinski definition) is 4. The van der Waals surface area contributed by atoms with E-state index in [0.717, 1.165) is 39.8 Å². The fourth-order valence-corrected chi connectivity index (χ4v) is 5.41. The highest BCUT2D eigenvalue weighted by Crippen LogP contribution is 2.50. The first-order valence-corrected chi connectivity index (χ1v) is 13.2. The lowest BCUT2D eigenvalue weighted by molar-refractivity contribution is -0.140. The molecule has 5 nitrogen and oxygen atoms in total. The third-order valence-corrected chi connectivity index (χ3v) is 7.76. The predicted molar refractivity (Wildman–Crippen MR) is 150 cm³/mol. The van der Waals surface area contributed by atoms with Crippen LogP contribution < -0.4 is 0 Å². The highest BCUT2D eigenvalue weighted by atomic mass is 16.5. The Morgan fingerprint density at radius 3 is 2.26 bits per heavy atom.